The van der Waals surface area contributed by atoms with Gasteiger partial charge < -0.3 is 146 Å². The number of Topliss-reactive ketones (excluding diaryl/α,β-unsaturated/α-hetero) is 8. The standard InChI is InChI=1S/C14H25NO3.C13H15NO3.C12H21NO5.C12H17NO3.C10H17NO5.C8H15NO5S.C8H13NO3.C7H8O5.C6H8O3/c1-4-6-8-15(9-7-5-2)11-10-14(3,18)13(17)12(11)16;1-13(17)8-10(11(15)12(13)16)14(2)9-6-4-3-5-7-9;1-12(16)8-9(10(14)11(12)15)13(4-6-17-2)5-7-18-3;1-4-6-13(7-5-2)9-8-12(3,16)11(15)10(9)14;1-10(16)6-7(8(14)9(10)15)11(2-4-12)3-5-13;1-4-6(9-15(3,12)13)7(10)8(11)14-5-2;1-8(12)4-5(9(2)3)6(10)7(8)11;8-4-1-3(7(11)12)2-5(9)6(4)10;7-4-2-1-3-5(8)6(4)9/h16,18H,4-10H2,1-3H3;3-7,15,17H,8H2,1-2H3;14,16H,4-8H2,1-3H3;4-5,14,16H,1-2,6-8H2,3H3;12-14,16H,2-6H2,1H3;9-10H,4-5H2,1-3H3;10,12H,4H2,1-3H3;3,8,10H,1-2H2,(H,11,12);7,9H,1-3H2/b;;;;;7-6-;;;. The van der Waals surface area contributed by atoms with E-state index in [4.69, 9.17) is 45.2 Å². The van der Waals surface area contributed by atoms with Gasteiger partial charge in [-0.2, -0.15) is 0 Å². The Morgan fingerprint density at radius 3 is 1.08 bits per heavy atom. The molecule has 0 radical (unpaired) electrons. The van der Waals surface area contributed by atoms with E-state index < -0.39 is 131 Å². The molecule has 7 unspecified atom stereocenters. The SMILES string of the molecule is C=CCN(CC=C)C1=C(O)C(=O)C(C)(O)C1.CC1(O)CC(N(CCO)CCO)=C(O)C1=O.CCCCN(CCCC)C1=C(O)C(=O)C(C)(O)C1.CCOC(=O)/C(O)=C(\CC)NS(C)(=O)=O.CN(C)C1=C(O)C(=O)C(C)(O)C1.CN(C1=C(O)C(=O)C(C)(O)C1)c1ccccc1.COCCN(CCOC)C1=C(O)C(=O)C(C)(O)C1.O=C1CC(C(=O)O)CC(O)=C1O.O=C1CCCC(O)=C1O. The summed E-state index contributed by atoms with van der Waals surface area (Å²) in [6.45, 7) is 27.9. The number of benzene rings is 1. The third kappa shape index (κ3) is 35.5. The van der Waals surface area contributed by atoms with Crippen LogP contribution >= 0.6 is 0 Å². The maximum atomic E-state index is 11.7. The molecule has 0 spiro atoms. The maximum absolute atomic E-state index is 11.7. The Bertz CT molecular complexity index is 4580. The smallest absolute Gasteiger partial charge is 0.375 e. The number of nitrogens with one attached hydrogen (secondary N) is 1. The first-order valence-corrected chi connectivity index (χ1v) is 44.6. The van der Waals surface area contributed by atoms with Crippen LogP contribution in [-0.4, -0.2) is 354 Å². The highest BCUT2D eigenvalue weighted by molar-refractivity contribution is 7.88. The fraction of sp³-hybridized carbons (Fsp3) is 0.578. The van der Waals surface area contributed by atoms with E-state index in [-0.39, 0.29) is 142 Å². The lowest BCUT2D eigenvalue weighted by molar-refractivity contribution is -0.144. The van der Waals surface area contributed by atoms with E-state index in [1.165, 1.54) is 46.4 Å². The lowest BCUT2D eigenvalue weighted by atomic mass is 9.91. The van der Waals surface area contributed by atoms with Gasteiger partial charge in [0.2, 0.25) is 62.0 Å². The van der Waals surface area contributed by atoms with Gasteiger partial charge in [0.25, 0.3) is 0 Å². The molecule has 0 amide bonds. The summed E-state index contributed by atoms with van der Waals surface area (Å²) in [4.78, 5) is 122. The molecule has 750 valence electrons. The van der Waals surface area contributed by atoms with Crippen LogP contribution in [0.15, 0.2) is 159 Å². The monoisotopic (exact) mass is 1910 g/mol. The number of esters is 1. The first kappa shape index (κ1) is 120. The van der Waals surface area contributed by atoms with E-state index in [0.717, 1.165) is 50.7 Å². The molecule has 1 aromatic rings. The molecule has 8 aliphatic carbocycles. The number of carbonyl (C=O) groups excluding carboxylic acids is 9. The lowest BCUT2D eigenvalue weighted by Gasteiger charge is -2.26. The highest BCUT2D eigenvalue weighted by Gasteiger charge is 2.49. The third-order valence-corrected chi connectivity index (χ3v) is 21.8. The predicted molar refractivity (Wildman–Crippen MR) is 486 cm³/mol. The number of hydrogen-bond acceptors (Lipinski definition) is 40. The number of aliphatic hydroxyl groups is 19. The summed E-state index contributed by atoms with van der Waals surface area (Å²) in [7, 11) is 4.86. The van der Waals surface area contributed by atoms with Crippen LogP contribution in [0.5, 0.6) is 0 Å². The van der Waals surface area contributed by atoms with Gasteiger partial charge in [0.15, 0.2) is 46.1 Å². The number of hydrogen-bond donors (Lipinski definition) is 21. The van der Waals surface area contributed by atoms with Crippen LogP contribution in [-0.2, 0) is 72.2 Å². The second-order valence-electron chi connectivity index (χ2n) is 33.3. The third-order valence-electron chi connectivity index (χ3n) is 21.2. The molecule has 0 saturated carbocycles. The van der Waals surface area contributed by atoms with Crippen LogP contribution in [0.1, 0.15) is 172 Å². The number of allylic oxidation sites excluding steroid dienone is 5. The molecule has 0 saturated heterocycles. The normalized spacial score (nSPS) is 23.4. The van der Waals surface area contributed by atoms with Crippen molar-refractivity contribution in [3.05, 3.63) is 159 Å². The van der Waals surface area contributed by atoms with E-state index in [1.54, 1.807) is 76.1 Å². The molecular formula is C90H139N7O35S. The van der Waals surface area contributed by atoms with Crippen LogP contribution < -0.4 is 9.62 Å². The number of carboxylic acid groups (broad SMARTS) is 1. The van der Waals surface area contributed by atoms with Crippen LogP contribution in [0, 0.1) is 5.92 Å². The highest BCUT2D eigenvalue weighted by atomic mass is 32.2. The van der Waals surface area contributed by atoms with Crippen molar-refractivity contribution in [2.75, 3.05) is 132 Å². The fourth-order valence-electron chi connectivity index (χ4n) is 13.6. The number of methoxy groups -OCH3 is 2. The van der Waals surface area contributed by atoms with Gasteiger partial charge in [-0.15, -0.1) is 13.2 Å². The van der Waals surface area contributed by atoms with E-state index >= 15 is 0 Å². The highest BCUT2D eigenvalue weighted by Crippen LogP contribution is 2.39. The average Bonchev–Trinajstić information content (AvgIpc) is 1.29. The van der Waals surface area contributed by atoms with Crippen LogP contribution in [0.4, 0.5) is 5.69 Å². The van der Waals surface area contributed by atoms with Crippen molar-refractivity contribution in [2.24, 2.45) is 5.92 Å². The number of rotatable bonds is 33. The molecule has 0 aliphatic heterocycles. The molecule has 0 heterocycles. The Balaban J connectivity index is 0.000000752. The molecule has 0 fully saturated rings. The number of carboxylic acids is 1. The summed E-state index contributed by atoms with van der Waals surface area (Å²) in [6.07, 6.45) is 10.4. The number of aliphatic hydroxyl groups excluding tert-OH is 13. The Morgan fingerprint density at radius 1 is 0.474 bits per heavy atom. The van der Waals surface area contributed by atoms with Gasteiger partial charge in [-0.3, -0.25) is 47.9 Å². The molecule has 1 aromatic carbocycles. The summed E-state index contributed by atoms with van der Waals surface area (Å²) in [5, 5.41) is 187. The van der Waals surface area contributed by atoms with Gasteiger partial charge in [0.1, 0.15) is 45.1 Å². The number of aliphatic carboxylic acids is 1. The average molecular weight is 1910 g/mol. The second-order valence-corrected chi connectivity index (χ2v) is 35.1. The Labute approximate surface area is 774 Å². The second kappa shape index (κ2) is 54.1. The van der Waals surface area contributed by atoms with Crippen molar-refractivity contribution in [1.29, 1.82) is 0 Å². The molecule has 43 heteroatoms. The van der Waals surface area contributed by atoms with Gasteiger partial charge in [-0.05, 0) is 86.3 Å². The van der Waals surface area contributed by atoms with E-state index in [2.05, 4.69) is 36.6 Å². The Morgan fingerprint density at radius 2 is 0.812 bits per heavy atom. The van der Waals surface area contributed by atoms with Crippen molar-refractivity contribution in [3.8, 4) is 0 Å². The van der Waals surface area contributed by atoms with Crippen LogP contribution in [0.25, 0.3) is 0 Å². The first-order valence-electron chi connectivity index (χ1n) is 42.7. The summed E-state index contributed by atoms with van der Waals surface area (Å²) in [6, 6.07) is 9.38. The van der Waals surface area contributed by atoms with Crippen molar-refractivity contribution in [1.82, 2.24) is 29.2 Å². The maximum Gasteiger partial charge on any atom is 0.375 e. The topological polar surface area (TPSA) is 669 Å². The summed E-state index contributed by atoms with van der Waals surface area (Å²) >= 11 is 0. The van der Waals surface area contributed by atoms with Crippen molar-refractivity contribution in [2.45, 2.75) is 206 Å². The van der Waals surface area contributed by atoms with Gasteiger partial charge >= 0.3 is 11.9 Å². The Hall–Kier alpha value is -11.4. The van der Waals surface area contributed by atoms with Crippen molar-refractivity contribution in [3.63, 3.8) is 0 Å². The molecule has 8 aliphatic rings. The number of ether oxygens (including phenoxy) is 3. The lowest BCUT2D eigenvalue weighted by Crippen LogP contribution is -2.33. The number of para-hydroxylation sites is 1. The van der Waals surface area contributed by atoms with Gasteiger partial charge in [0.05, 0.1) is 85.1 Å². The zero-order valence-corrected chi connectivity index (χ0v) is 79.5. The molecular weight excluding hydrogens is 1770 g/mol. The molecule has 0 bridgehead atoms. The number of ketones is 8. The zero-order valence-electron chi connectivity index (χ0n) is 78.7. The minimum atomic E-state index is -3.50. The summed E-state index contributed by atoms with van der Waals surface area (Å²) in [5.41, 5.74) is -5.44. The summed E-state index contributed by atoms with van der Waals surface area (Å²) < 4.78 is 38.3. The quantitative estimate of drug-likeness (QED) is 0.0172. The molecule has 133 heavy (non-hydrogen) atoms. The van der Waals surface area contributed by atoms with E-state index in [1.807, 2.05) is 40.0 Å². The van der Waals surface area contributed by atoms with Crippen LogP contribution in [0.3, 0.4) is 0 Å². The van der Waals surface area contributed by atoms with Gasteiger partial charge in [-0.25, -0.2) is 13.2 Å². The predicted octanol–water partition coefficient (Wildman–Crippen LogP) is 5.76. The molecule has 42 nitrogen and oxygen atoms in total. The summed E-state index contributed by atoms with van der Waals surface area (Å²) in [5.74, 6) is -12.4. The van der Waals surface area contributed by atoms with E-state index in [9.17, 15) is 123 Å². The first-order chi connectivity index (χ1) is 61.6. The minimum Gasteiger partial charge on any atom is -0.508 e. The molecule has 0 aromatic heterocycles. The molecule has 21 N–H and O–H groups in total. The minimum absolute atomic E-state index is 0.00231. The number of carbonyl (C=O) groups is 10. The zero-order chi connectivity index (χ0) is 103. The van der Waals surface area contributed by atoms with Crippen molar-refractivity contribution >= 4 is 73.9 Å². The number of unbranched alkanes of at least 4 members (excludes halogenated alkanes) is 2. The number of nitrogens with zero attached hydrogens (tertiary/aromatic N) is 6. The van der Waals surface area contributed by atoms with Crippen molar-refractivity contribution < 1.29 is 173 Å². The molecule has 9 rings (SSSR count). The van der Waals surface area contributed by atoms with E-state index in [0.29, 0.717) is 87.1 Å². The number of sulfonamides is 1. The van der Waals surface area contributed by atoms with Gasteiger partial charge in [-0.1, -0.05) is 64.0 Å². The number of anilines is 1. The largest absolute Gasteiger partial charge is 0.508 e. The molecule has 7 atom stereocenters. The van der Waals surface area contributed by atoms with Gasteiger partial charge in [0, 0.05) is 158 Å². The fourth-order valence-corrected chi connectivity index (χ4v) is 14.2. The van der Waals surface area contributed by atoms with Crippen LogP contribution in [0.2, 0.25) is 0 Å². The Kier molecular flexibility index (Phi) is 48.6.